The number of aliphatic carboxylic acids is 1. The van der Waals surface area contributed by atoms with Gasteiger partial charge in [-0.2, -0.15) is 11.8 Å². The number of carboxylic acid groups (broad SMARTS) is 1. The summed E-state index contributed by atoms with van der Waals surface area (Å²) in [6, 6.07) is 10.2. The Kier molecular flexibility index (Phi) is 7.90. The minimum atomic E-state index is -0.870. The number of hydrogen-bond donors (Lipinski definition) is 1. The highest BCUT2D eigenvalue weighted by Crippen LogP contribution is 2.10. The lowest BCUT2D eigenvalue weighted by molar-refractivity contribution is -0.138. The van der Waals surface area contributed by atoms with Gasteiger partial charge in [-0.05, 0) is 31.6 Å². The van der Waals surface area contributed by atoms with Crippen LogP contribution < -0.4 is 0 Å². The van der Waals surface area contributed by atoms with Crippen molar-refractivity contribution in [2.24, 2.45) is 0 Å². The third kappa shape index (κ3) is 7.18. The molecule has 1 aromatic carbocycles. The highest BCUT2D eigenvalue weighted by molar-refractivity contribution is 7.99. The summed E-state index contributed by atoms with van der Waals surface area (Å²) in [6.45, 7) is 4.11. The molecule has 0 atom stereocenters. The zero-order valence-corrected chi connectivity index (χ0v) is 13.4. The first kappa shape index (κ1) is 17.6. The lowest BCUT2D eigenvalue weighted by Gasteiger charge is -2.26. The van der Waals surface area contributed by atoms with Crippen molar-refractivity contribution in [1.29, 1.82) is 0 Å². The number of aryl methyl sites for hydroxylation is 1. The zero-order valence-electron chi connectivity index (χ0n) is 12.6. The molecule has 4 nitrogen and oxygen atoms in total. The van der Waals surface area contributed by atoms with Crippen LogP contribution in [0.5, 0.6) is 0 Å². The van der Waals surface area contributed by atoms with Gasteiger partial charge in [0.05, 0.1) is 12.2 Å². The molecule has 1 amide bonds. The van der Waals surface area contributed by atoms with Crippen LogP contribution in [0.2, 0.25) is 0 Å². The first-order valence-electron chi connectivity index (χ1n) is 7.13. The maximum atomic E-state index is 12.1. The Labute approximate surface area is 130 Å². The van der Waals surface area contributed by atoms with Crippen LogP contribution in [-0.4, -0.2) is 46.0 Å². The lowest BCUT2D eigenvalue weighted by atomic mass is 10.2. The highest BCUT2D eigenvalue weighted by atomic mass is 32.2. The lowest BCUT2D eigenvalue weighted by Crippen LogP contribution is -2.39. The second kappa shape index (κ2) is 9.45. The molecule has 0 bridgehead atoms. The van der Waals surface area contributed by atoms with Crippen molar-refractivity contribution in [1.82, 2.24) is 4.90 Å². The minimum Gasteiger partial charge on any atom is -0.481 e. The van der Waals surface area contributed by atoms with Crippen molar-refractivity contribution >= 4 is 23.6 Å². The third-order valence-electron chi connectivity index (χ3n) is 3.11. The molecule has 1 aromatic rings. The number of benzene rings is 1. The van der Waals surface area contributed by atoms with Gasteiger partial charge in [0.15, 0.2) is 0 Å². The van der Waals surface area contributed by atoms with Crippen LogP contribution in [0.15, 0.2) is 30.3 Å². The molecule has 21 heavy (non-hydrogen) atoms. The summed E-state index contributed by atoms with van der Waals surface area (Å²) >= 11 is 1.60. The fourth-order valence-corrected chi connectivity index (χ4v) is 2.83. The Bertz CT molecular complexity index is 448. The third-order valence-corrected chi connectivity index (χ3v) is 4.06. The number of amides is 1. The van der Waals surface area contributed by atoms with Gasteiger partial charge >= 0.3 is 5.97 Å². The van der Waals surface area contributed by atoms with Gasteiger partial charge in [0.25, 0.3) is 0 Å². The van der Waals surface area contributed by atoms with Gasteiger partial charge in [-0.25, -0.2) is 0 Å². The molecule has 0 aromatic heterocycles. The zero-order chi connectivity index (χ0) is 15.7. The van der Waals surface area contributed by atoms with Crippen LogP contribution >= 0.6 is 11.8 Å². The number of carbonyl (C=O) groups is 2. The second-order valence-electron chi connectivity index (χ2n) is 5.11. The van der Waals surface area contributed by atoms with E-state index in [1.54, 1.807) is 16.7 Å². The fourth-order valence-electron chi connectivity index (χ4n) is 1.96. The Balaban J connectivity index is 2.31. The molecule has 0 radical (unpaired) electrons. The second-order valence-corrected chi connectivity index (χ2v) is 6.22. The van der Waals surface area contributed by atoms with Crippen molar-refractivity contribution in [3.63, 3.8) is 0 Å². The van der Waals surface area contributed by atoms with E-state index in [0.29, 0.717) is 5.75 Å². The standard InChI is InChI=1S/C16H23NO3S/c1-13(2)17(10-8-16(19)20)15(18)12-21-11-9-14-6-4-3-5-7-14/h3-7,13H,8-12H2,1-2H3,(H,19,20). The molecule has 1 rings (SSSR count). The van der Waals surface area contributed by atoms with E-state index in [1.807, 2.05) is 32.0 Å². The number of nitrogens with zero attached hydrogens (tertiary/aromatic N) is 1. The monoisotopic (exact) mass is 309 g/mol. The van der Waals surface area contributed by atoms with Gasteiger partial charge < -0.3 is 10.0 Å². The van der Waals surface area contributed by atoms with E-state index < -0.39 is 5.97 Å². The van der Waals surface area contributed by atoms with Gasteiger partial charge in [-0.3, -0.25) is 9.59 Å². The van der Waals surface area contributed by atoms with Crippen LogP contribution in [0, 0.1) is 0 Å². The summed E-state index contributed by atoms with van der Waals surface area (Å²) in [5.41, 5.74) is 1.27. The van der Waals surface area contributed by atoms with Crippen LogP contribution in [0.1, 0.15) is 25.8 Å². The summed E-state index contributed by atoms with van der Waals surface area (Å²) in [5.74, 6) is 0.445. The van der Waals surface area contributed by atoms with E-state index >= 15 is 0 Å². The first-order chi connectivity index (χ1) is 10.0. The van der Waals surface area contributed by atoms with Gasteiger partial charge in [-0.15, -0.1) is 0 Å². The quantitative estimate of drug-likeness (QED) is 0.713. The number of rotatable bonds is 9. The predicted octanol–water partition coefficient (Wildman–Crippen LogP) is 2.67. The topological polar surface area (TPSA) is 57.6 Å². The van der Waals surface area contributed by atoms with Crippen LogP contribution in [0.4, 0.5) is 0 Å². The van der Waals surface area contributed by atoms with Gasteiger partial charge in [-0.1, -0.05) is 30.3 Å². The van der Waals surface area contributed by atoms with Gasteiger partial charge in [0.1, 0.15) is 0 Å². The van der Waals surface area contributed by atoms with Gasteiger partial charge in [0, 0.05) is 12.6 Å². The molecule has 0 spiro atoms. The Morgan fingerprint density at radius 2 is 1.90 bits per heavy atom. The van der Waals surface area contributed by atoms with Crippen LogP contribution in [-0.2, 0) is 16.0 Å². The molecule has 0 saturated carbocycles. The normalized spacial score (nSPS) is 10.6. The Hall–Kier alpha value is -1.49. The predicted molar refractivity (Wildman–Crippen MR) is 86.6 cm³/mol. The molecule has 0 fully saturated rings. The van der Waals surface area contributed by atoms with E-state index in [1.165, 1.54) is 5.56 Å². The van der Waals surface area contributed by atoms with E-state index in [4.69, 9.17) is 5.11 Å². The maximum Gasteiger partial charge on any atom is 0.305 e. The number of carboxylic acids is 1. The summed E-state index contributed by atoms with van der Waals surface area (Å²) in [7, 11) is 0. The minimum absolute atomic E-state index is 0.00139. The smallest absolute Gasteiger partial charge is 0.305 e. The van der Waals surface area contributed by atoms with E-state index in [-0.39, 0.29) is 24.9 Å². The van der Waals surface area contributed by atoms with E-state index in [2.05, 4.69) is 12.1 Å². The highest BCUT2D eigenvalue weighted by Gasteiger charge is 2.17. The van der Waals surface area contributed by atoms with Gasteiger partial charge in [0.2, 0.25) is 5.91 Å². The average Bonchev–Trinajstić information content (AvgIpc) is 2.44. The molecular formula is C16H23NO3S. The first-order valence-corrected chi connectivity index (χ1v) is 8.29. The molecule has 0 aliphatic rings. The molecule has 0 heterocycles. The Morgan fingerprint density at radius 1 is 1.24 bits per heavy atom. The number of thioether (sulfide) groups is 1. The molecule has 0 saturated heterocycles. The molecule has 0 aliphatic heterocycles. The number of carbonyl (C=O) groups excluding carboxylic acids is 1. The average molecular weight is 309 g/mol. The molecule has 5 heteroatoms. The fraction of sp³-hybridized carbons (Fsp3) is 0.500. The van der Waals surface area contributed by atoms with Crippen molar-refractivity contribution in [2.75, 3.05) is 18.1 Å². The summed E-state index contributed by atoms with van der Waals surface area (Å²) < 4.78 is 0. The van der Waals surface area contributed by atoms with Crippen molar-refractivity contribution in [3.8, 4) is 0 Å². The van der Waals surface area contributed by atoms with E-state index in [0.717, 1.165) is 12.2 Å². The summed E-state index contributed by atoms with van der Waals surface area (Å²) in [6.07, 6.45) is 0.939. The van der Waals surface area contributed by atoms with Crippen molar-refractivity contribution in [2.45, 2.75) is 32.7 Å². The van der Waals surface area contributed by atoms with Crippen molar-refractivity contribution < 1.29 is 14.7 Å². The van der Waals surface area contributed by atoms with Crippen molar-refractivity contribution in [3.05, 3.63) is 35.9 Å². The molecule has 0 aliphatic carbocycles. The molecule has 116 valence electrons. The number of hydrogen-bond acceptors (Lipinski definition) is 3. The SMILES string of the molecule is CC(C)N(CCC(=O)O)C(=O)CSCCc1ccccc1. The van der Waals surface area contributed by atoms with E-state index in [9.17, 15) is 9.59 Å². The molecular weight excluding hydrogens is 286 g/mol. The molecule has 1 N–H and O–H groups in total. The molecule has 0 unspecified atom stereocenters. The van der Waals surface area contributed by atoms with Crippen LogP contribution in [0.25, 0.3) is 0 Å². The summed E-state index contributed by atoms with van der Waals surface area (Å²) in [4.78, 5) is 24.4. The maximum absolute atomic E-state index is 12.1. The largest absolute Gasteiger partial charge is 0.481 e. The van der Waals surface area contributed by atoms with Crippen LogP contribution in [0.3, 0.4) is 0 Å². The Morgan fingerprint density at radius 3 is 2.48 bits per heavy atom. The summed E-state index contributed by atoms with van der Waals surface area (Å²) in [5, 5.41) is 8.72.